The Hall–Kier alpha value is -2.67. The third-order valence-electron chi connectivity index (χ3n) is 5.33. The number of esters is 1. The van der Waals surface area contributed by atoms with Gasteiger partial charge in [0.25, 0.3) is 5.91 Å². The number of nitrogens with one attached hydrogen (secondary N) is 1. The molecule has 0 saturated carbocycles. The van der Waals surface area contributed by atoms with Gasteiger partial charge in [0.15, 0.2) is 6.10 Å². The van der Waals surface area contributed by atoms with E-state index >= 15 is 0 Å². The first-order chi connectivity index (χ1) is 16.0. The van der Waals surface area contributed by atoms with Crippen molar-refractivity contribution in [3.63, 3.8) is 0 Å². The van der Waals surface area contributed by atoms with E-state index in [-0.39, 0.29) is 23.4 Å². The molecule has 9 heteroatoms. The van der Waals surface area contributed by atoms with Gasteiger partial charge in [0.05, 0.1) is 11.1 Å². The van der Waals surface area contributed by atoms with Crippen LogP contribution in [0.15, 0.2) is 70.8 Å². The molecule has 33 heavy (non-hydrogen) atoms. The predicted octanol–water partition coefficient (Wildman–Crippen LogP) is 4.43. The molecule has 168 valence electrons. The molecule has 1 N–H and O–H groups in total. The van der Waals surface area contributed by atoms with Crippen LogP contribution in [0.3, 0.4) is 0 Å². The highest BCUT2D eigenvalue weighted by Crippen LogP contribution is 2.43. The van der Waals surface area contributed by atoms with Crippen molar-refractivity contribution in [2.45, 2.75) is 30.4 Å². The maximum Gasteiger partial charge on any atom is 0.356 e. The molecule has 1 amide bonds. The SMILES string of the molecule is N#CCCC(=S)NC1C(=O)N2C(C(=O)OC(c3ccccc3)c3ccccc3)=C(Br)CS[C@H]12. The molecule has 0 aliphatic carbocycles. The van der Waals surface area contributed by atoms with E-state index in [1.54, 1.807) is 0 Å². The fourth-order valence-corrected chi connectivity index (χ4v) is 5.90. The summed E-state index contributed by atoms with van der Waals surface area (Å²) in [6, 6.07) is 20.5. The average Bonchev–Trinajstić information content (AvgIpc) is 2.85. The lowest BCUT2D eigenvalue weighted by Crippen LogP contribution is -2.70. The molecule has 2 aromatic rings. The number of β-lactam (4-membered cyclic amide) rings is 1. The third kappa shape index (κ3) is 4.98. The van der Waals surface area contributed by atoms with Gasteiger partial charge in [-0.1, -0.05) is 88.8 Å². The van der Waals surface area contributed by atoms with E-state index in [4.69, 9.17) is 22.2 Å². The predicted molar refractivity (Wildman–Crippen MR) is 134 cm³/mol. The number of carbonyl (C=O) groups excluding carboxylic acids is 2. The lowest BCUT2D eigenvalue weighted by molar-refractivity contribution is -0.153. The maximum absolute atomic E-state index is 13.4. The van der Waals surface area contributed by atoms with Gasteiger partial charge in [-0.2, -0.15) is 5.26 Å². The molecule has 2 heterocycles. The van der Waals surface area contributed by atoms with Crippen LogP contribution < -0.4 is 5.32 Å². The van der Waals surface area contributed by atoms with E-state index in [9.17, 15) is 9.59 Å². The second-order valence-corrected chi connectivity index (χ2v) is 10.0. The summed E-state index contributed by atoms with van der Waals surface area (Å²) in [4.78, 5) is 28.3. The molecule has 6 nitrogen and oxygen atoms in total. The summed E-state index contributed by atoms with van der Waals surface area (Å²) >= 11 is 10.3. The number of amides is 1. The summed E-state index contributed by atoms with van der Waals surface area (Å²) in [7, 11) is 0. The summed E-state index contributed by atoms with van der Waals surface area (Å²) in [5, 5.41) is 11.5. The van der Waals surface area contributed by atoms with Crippen LogP contribution in [0.1, 0.15) is 30.1 Å². The number of nitriles is 1. The van der Waals surface area contributed by atoms with Crippen molar-refractivity contribution >= 4 is 56.8 Å². The summed E-state index contributed by atoms with van der Waals surface area (Å²) in [5.41, 5.74) is 1.90. The van der Waals surface area contributed by atoms with Crippen molar-refractivity contribution in [1.82, 2.24) is 10.2 Å². The fourth-order valence-electron chi connectivity index (χ4n) is 3.73. The first-order valence-corrected chi connectivity index (χ1v) is 12.6. The monoisotopic (exact) mass is 541 g/mol. The van der Waals surface area contributed by atoms with Crippen molar-refractivity contribution in [2.24, 2.45) is 0 Å². The van der Waals surface area contributed by atoms with Gasteiger partial charge in [-0.15, -0.1) is 11.8 Å². The minimum atomic E-state index is -0.607. The molecule has 1 unspecified atom stereocenters. The number of ether oxygens (including phenoxy) is 1. The number of fused-ring (bicyclic) bond motifs is 1. The van der Waals surface area contributed by atoms with E-state index < -0.39 is 18.1 Å². The van der Waals surface area contributed by atoms with Crippen LogP contribution in [-0.4, -0.2) is 38.9 Å². The van der Waals surface area contributed by atoms with E-state index in [1.807, 2.05) is 66.7 Å². The second kappa shape index (κ2) is 10.5. The van der Waals surface area contributed by atoms with Crippen molar-refractivity contribution in [2.75, 3.05) is 5.75 Å². The molecule has 2 atom stereocenters. The number of thioether (sulfide) groups is 1. The lowest BCUT2D eigenvalue weighted by atomic mass is 10.0. The molecule has 2 aliphatic rings. The van der Waals surface area contributed by atoms with Gasteiger partial charge in [0, 0.05) is 23.1 Å². The Morgan fingerprint density at radius 3 is 2.39 bits per heavy atom. The van der Waals surface area contributed by atoms with Gasteiger partial charge < -0.3 is 10.1 Å². The zero-order valence-electron chi connectivity index (χ0n) is 17.4. The summed E-state index contributed by atoms with van der Waals surface area (Å²) in [6.07, 6.45) is 0.0825. The Bertz CT molecular complexity index is 1100. The fraction of sp³-hybridized carbons (Fsp3) is 0.250. The zero-order chi connectivity index (χ0) is 23.4. The molecule has 0 bridgehead atoms. The zero-order valence-corrected chi connectivity index (χ0v) is 20.7. The standard InChI is InChI=1S/C24H20BrN3O3S2/c25-17-14-33-23-19(27-18(32)12-7-13-26)22(29)28(23)20(17)24(30)31-21(15-8-3-1-4-9-15)16-10-5-2-6-11-16/h1-6,8-11,19,21,23H,7,12,14H2,(H,27,32)/t19?,23-/m1/s1. The molecule has 1 saturated heterocycles. The van der Waals surface area contributed by atoms with Gasteiger partial charge in [0.1, 0.15) is 17.1 Å². The first-order valence-electron chi connectivity index (χ1n) is 10.3. The molecule has 0 radical (unpaired) electrons. The van der Waals surface area contributed by atoms with Crippen LogP contribution >= 0.6 is 39.9 Å². The number of hydrogen-bond donors (Lipinski definition) is 1. The van der Waals surface area contributed by atoms with Crippen molar-refractivity contribution < 1.29 is 14.3 Å². The third-order valence-corrected chi connectivity index (χ3v) is 7.95. The van der Waals surface area contributed by atoms with Gasteiger partial charge in [-0.05, 0) is 11.1 Å². The number of thiocarbonyl (C=S) groups is 1. The Morgan fingerprint density at radius 1 is 1.21 bits per heavy atom. The van der Waals surface area contributed by atoms with Crippen molar-refractivity contribution in [1.29, 1.82) is 5.26 Å². The summed E-state index contributed by atoms with van der Waals surface area (Å²) in [5.74, 6) is -0.279. The highest BCUT2D eigenvalue weighted by atomic mass is 79.9. The Morgan fingerprint density at radius 2 is 1.82 bits per heavy atom. The van der Waals surface area contributed by atoms with Gasteiger partial charge in [0.2, 0.25) is 0 Å². The highest BCUT2D eigenvalue weighted by molar-refractivity contribution is 9.11. The van der Waals surface area contributed by atoms with Gasteiger partial charge in [-0.25, -0.2) is 4.79 Å². The van der Waals surface area contributed by atoms with Gasteiger partial charge in [-0.3, -0.25) is 9.69 Å². The van der Waals surface area contributed by atoms with E-state index in [1.165, 1.54) is 16.7 Å². The molecule has 0 spiro atoms. The largest absolute Gasteiger partial charge is 0.448 e. The molecule has 2 aromatic carbocycles. The Kier molecular flexibility index (Phi) is 7.48. The van der Waals surface area contributed by atoms with Crippen LogP contribution in [0.2, 0.25) is 0 Å². The Labute approximate surface area is 210 Å². The molecular weight excluding hydrogens is 522 g/mol. The van der Waals surface area contributed by atoms with Crippen molar-refractivity contribution in [3.05, 3.63) is 82.0 Å². The van der Waals surface area contributed by atoms with Crippen LogP contribution in [0.4, 0.5) is 0 Å². The molecule has 2 aliphatic heterocycles. The minimum Gasteiger partial charge on any atom is -0.448 e. The second-order valence-electron chi connectivity index (χ2n) is 7.47. The minimum absolute atomic E-state index is 0.224. The van der Waals surface area contributed by atoms with E-state index in [2.05, 4.69) is 21.2 Å². The van der Waals surface area contributed by atoms with Crippen LogP contribution in [0.25, 0.3) is 0 Å². The van der Waals surface area contributed by atoms with Crippen LogP contribution in [0, 0.1) is 11.3 Å². The van der Waals surface area contributed by atoms with Crippen LogP contribution in [-0.2, 0) is 14.3 Å². The lowest BCUT2D eigenvalue weighted by Gasteiger charge is -2.49. The molecule has 0 aromatic heterocycles. The normalized spacial score (nSPS) is 19.4. The topological polar surface area (TPSA) is 82.4 Å². The highest BCUT2D eigenvalue weighted by Gasteiger charge is 2.54. The Balaban J connectivity index is 1.54. The maximum atomic E-state index is 13.4. The summed E-state index contributed by atoms with van der Waals surface area (Å²) in [6.45, 7) is 0. The smallest absolute Gasteiger partial charge is 0.356 e. The number of nitrogens with zero attached hydrogens (tertiary/aromatic N) is 2. The summed E-state index contributed by atoms with van der Waals surface area (Å²) < 4.78 is 6.61. The number of halogens is 1. The number of hydrogen-bond acceptors (Lipinski definition) is 6. The van der Waals surface area contributed by atoms with E-state index in [0.717, 1.165) is 11.1 Å². The molecular formula is C24H20BrN3O3S2. The first kappa shape index (κ1) is 23.5. The average molecular weight is 542 g/mol. The van der Waals surface area contributed by atoms with E-state index in [0.29, 0.717) is 21.6 Å². The van der Waals surface area contributed by atoms with Crippen LogP contribution in [0.5, 0.6) is 0 Å². The molecule has 4 rings (SSSR count). The quantitative estimate of drug-likeness (QED) is 0.315. The number of carbonyl (C=O) groups is 2. The van der Waals surface area contributed by atoms with Crippen molar-refractivity contribution in [3.8, 4) is 6.07 Å². The number of benzene rings is 2. The van der Waals surface area contributed by atoms with Gasteiger partial charge >= 0.3 is 5.97 Å². The molecule has 1 fully saturated rings. The number of rotatable bonds is 7.